The molecule has 0 aliphatic heterocycles. The molecule has 0 radical (unpaired) electrons. The smallest absolute Gasteiger partial charge is 0.335 e. The third-order valence-corrected chi connectivity index (χ3v) is 6.74. The summed E-state index contributed by atoms with van der Waals surface area (Å²) in [5, 5.41) is 13.6. The van der Waals surface area contributed by atoms with E-state index in [2.05, 4.69) is 17.4 Å². The molecule has 0 bridgehead atoms. The molecule has 5 rings (SSSR count). The number of methoxy groups -OCH3 is 2. The van der Waals surface area contributed by atoms with Crippen LogP contribution in [0.3, 0.4) is 0 Å². The van der Waals surface area contributed by atoms with Crippen LogP contribution < -0.4 is 9.47 Å². The molecule has 34 heavy (non-hydrogen) atoms. The van der Waals surface area contributed by atoms with Crippen molar-refractivity contribution >= 4 is 17.0 Å². The van der Waals surface area contributed by atoms with Crippen LogP contribution in [0.2, 0.25) is 0 Å². The minimum Gasteiger partial charge on any atom is -0.494 e. The third-order valence-electron chi connectivity index (χ3n) is 6.74. The van der Waals surface area contributed by atoms with Gasteiger partial charge in [-0.05, 0) is 49.9 Å². The molecule has 1 N–H and O–H groups in total. The lowest BCUT2D eigenvalue weighted by Crippen LogP contribution is -2.13. The van der Waals surface area contributed by atoms with Gasteiger partial charge >= 0.3 is 5.97 Å². The molecule has 0 spiro atoms. The zero-order chi connectivity index (χ0) is 24.0. The molecular formula is C26H27N3O5. The first kappa shape index (κ1) is 22.0. The van der Waals surface area contributed by atoms with Gasteiger partial charge in [0, 0.05) is 23.5 Å². The zero-order valence-electron chi connectivity index (χ0n) is 19.7. The van der Waals surface area contributed by atoms with Crippen LogP contribution in [-0.2, 0) is 6.42 Å². The van der Waals surface area contributed by atoms with Crippen molar-refractivity contribution in [3.05, 3.63) is 53.2 Å². The number of pyridine rings is 1. The molecule has 176 valence electrons. The van der Waals surface area contributed by atoms with E-state index >= 15 is 0 Å². The number of hydrogen-bond donors (Lipinski definition) is 1. The van der Waals surface area contributed by atoms with E-state index in [1.54, 1.807) is 0 Å². The van der Waals surface area contributed by atoms with E-state index in [9.17, 15) is 9.90 Å². The Bertz CT molecular complexity index is 1350. The molecule has 8 heteroatoms. The highest BCUT2D eigenvalue weighted by Crippen LogP contribution is 2.40. The number of nitrogens with zero attached hydrogens (tertiary/aromatic N) is 3. The fraction of sp³-hybridized carbons (Fsp3) is 0.346. The topological polar surface area (TPSA) is 99.6 Å². The molecule has 1 saturated carbocycles. The van der Waals surface area contributed by atoms with Gasteiger partial charge < -0.3 is 23.7 Å². The van der Waals surface area contributed by atoms with Crippen LogP contribution in [0.5, 0.6) is 11.5 Å². The fourth-order valence-corrected chi connectivity index (χ4v) is 4.80. The van der Waals surface area contributed by atoms with Crippen LogP contribution in [0.15, 0.2) is 35.1 Å². The molecule has 1 aromatic carbocycles. The van der Waals surface area contributed by atoms with Gasteiger partial charge in [-0.2, -0.15) is 0 Å². The van der Waals surface area contributed by atoms with Gasteiger partial charge in [0.1, 0.15) is 22.9 Å². The maximum absolute atomic E-state index is 11.7. The summed E-state index contributed by atoms with van der Waals surface area (Å²) < 4.78 is 18.7. The van der Waals surface area contributed by atoms with E-state index in [-0.39, 0.29) is 5.56 Å². The summed E-state index contributed by atoms with van der Waals surface area (Å²) >= 11 is 0. The summed E-state index contributed by atoms with van der Waals surface area (Å²) in [7, 11) is 3.05. The Morgan fingerprint density at radius 3 is 2.41 bits per heavy atom. The predicted octanol–water partition coefficient (Wildman–Crippen LogP) is 5.36. The number of carbonyl (C=O) groups is 1. The number of carboxylic acid groups (broad SMARTS) is 1. The average Bonchev–Trinajstić information content (AvgIpc) is 3.33. The van der Waals surface area contributed by atoms with Crippen molar-refractivity contribution in [1.82, 2.24) is 14.7 Å². The standard InChI is InChI=1S/C26H27N3O5/c1-14-23(15(2)34-28-14)18-9-20-24(27-12-18)19(8-16-6-5-7-16)13-29(20)25-21(32-3)10-17(26(30)31)11-22(25)33-4/h9-13,16H,5-8H2,1-4H3,(H,30,31). The van der Waals surface area contributed by atoms with Crippen molar-refractivity contribution in [3.8, 4) is 28.3 Å². The van der Waals surface area contributed by atoms with Crippen LogP contribution in [0.1, 0.15) is 46.6 Å². The minimum absolute atomic E-state index is 0.0955. The Morgan fingerprint density at radius 1 is 1.18 bits per heavy atom. The van der Waals surface area contributed by atoms with Crippen LogP contribution in [0, 0.1) is 19.8 Å². The number of aryl methyl sites for hydroxylation is 2. The van der Waals surface area contributed by atoms with Crippen LogP contribution in [-0.4, -0.2) is 40.0 Å². The van der Waals surface area contributed by atoms with Gasteiger partial charge in [-0.25, -0.2) is 4.79 Å². The summed E-state index contributed by atoms with van der Waals surface area (Å²) in [6, 6.07) is 5.11. The number of aromatic carboxylic acids is 1. The lowest BCUT2D eigenvalue weighted by atomic mass is 9.81. The van der Waals surface area contributed by atoms with Crippen LogP contribution in [0.4, 0.5) is 0 Å². The molecule has 3 aromatic heterocycles. The average molecular weight is 462 g/mol. The zero-order valence-corrected chi connectivity index (χ0v) is 19.7. The number of aromatic nitrogens is 3. The van der Waals surface area contributed by atoms with E-state index in [0.717, 1.165) is 45.6 Å². The summed E-state index contributed by atoms with van der Waals surface area (Å²) in [6.45, 7) is 3.80. The van der Waals surface area contributed by atoms with E-state index in [1.807, 2.05) is 24.6 Å². The van der Waals surface area contributed by atoms with Crippen molar-refractivity contribution in [1.29, 1.82) is 0 Å². The molecule has 3 heterocycles. The van der Waals surface area contributed by atoms with Gasteiger partial charge in [-0.15, -0.1) is 0 Å². The Morgan fingerprint density at radius 2 is 1.88 bits per heavy atom. The summed E-state index contributed by atoms with van der Waals surface area (Å²) in [5.74, 6) is 1.15. The number of hydrogen-bond acceptors (Lipinski definition) is 6. The summed E-state index contributed by atoms with van der Waals surface area (Å²) in [6.07, 6.45) is 8.61. The maximum atomic E-state index is 11.7. The maximum Gasteiger partial charge on any atom is 0.335 e. The van der Waals surface area contributed by atoms with Crippen LogP contribution >= 0.6 is 0 Å². The Hall–Kier alpha value is -3.81. The Labute approximate surface area is 197 Å². The molecule has 1 aliphatic carbocycles. The number of carboxylic acids is 1. The number of ether oxygens (including phenoxy) is 2. The molecular weight excluding hydrogens is 434 g/mol. The molecule has 0 atom stereocenters. The Balaban J connectivity index is 1.77. The summed E-state index contributed by atoms with van der Waals surface area (Å²) in [4.78, 5) is 16.5. The molecule has 0 saturated heterocycles. The van der Waals surface area contributed by atoms with Crippen molar-refractivity contribution in [2.75, 3.05) is 14.2 Å². The molecule has 4 aromatic rings. The van der Waals surface area contributed by atoms with Gasteiger partial charge in [-0.1, -0.05) is 24.4 Å². The fourth-order valence-electron chi connectivity index (χ4n) is 4.80. The summed E-state index contributed by atoms with van der Waals surface area (Å²) in [5.41, 5.74) is 6.29. The van der Waals surface area contributed by atoms with Crippen molar-refractivity contribution in [2.24, 2.45) is 5.92 Å². The lowest BCUT2D eigenvalue weighted by Gasteiger charge is -2.24. The third kappa shape index (κ3) is 3.59. The normalized spacial score (nSPS) is 13.8. The first-order chi connectivity index (χ1) is 16.4. The van der Waals surface area contributed by atoms with Crippen molar-refractivity contribution in [3.63, 3.8) is 0 Å². The molecule has 0 amide bonds. The quantitative estimate of drug-likeness (QED) is 0.396. The number of benzene rings is 1. The first-order valence-electron chi connectivity index (χ1n) is 11.3. The minimum atomic E-state index is -1.05. The van der Waals surface area contributed by atoms with E-state index in [4.69, 9.17) is 19.0 Å². The van der Waals surface area contributed by atoms with Gasteiger partial charge in [0.2, 0.25) is 0 Å². The second-order valence-electron chi connectivity index (χ2n) is 8.85. The number of fused-ring (bicyclic) bond motifs is 1. The highest BCUT2D eigenvalue weighted by molar-refractivity contribution is 5.91. The van der Waals surface area contributed by atoms with Crippen molar-refractivity contribution < 1.29 is 23.9 Å². The van der Waals surface area contributed by atoms with Crippen molar-refractivity contribution in [2.45, 2.75) is 39.5 Å². The first-order valence-corrected chi connectivity index (χ1v) is 11.3. The molecule has 1 fully saturated rings. The lowest BCUT2D eigenvalue weighted by molar-refractivity contribution is 0.0696. The number of rotatable bonds is 7. The van der Waals surface area contributed by atoms with E-state index in [0.29, 0.717) is 23.1 Å². The molecule has 8 nitrogen and oxygen atoms in total. The molecule has 1 aliphatic rings. The SMILES string of the molecule is COc1cc(C(=O)O)cc(OC)c1-n1cc(CC2CCC2)c2ncc(-c3c(C)noc3C)cc21. The van der Waals surface area contributed by atoms with E-state index in [1.165, 1.54) is 45.6 Å². The monoisotopic (exact) mass is 461 g/mol. The van der Waals surface area contributed by atoms with Crippen LogP contribution in [0.25, 0.3) is 27.8 Å². The Kier molecular flexibility index (Phi) is 5.51. The second-order valence-corrected chi connectivity index (χ2v) is 8.85. The van der Waals surface area contributed by atoms with Gasteiger partial charge in [0.15, 0.2) is 0 Å². The van der Waals surface area contributed by atoms with E-state index < -0.39 is 5.97 Å². The predicted molar refractivity (Wildman–Crippen MR) is 127 cm³/mol. The van der Waals surface area contributed by atoms with Gasteiger partial charge in [-0.3, -0.25) is 4.98 Å². The van der Waals surface area contributed by atoms with Gasteiger partial charge in [0.25, 0.3) is 0 Å². The highest BCUT2D eigenvalue weighted by atomic mass is 16.5. The largest absolute Gasteiger partial charge is 0.494 e. The van der Waals surface area contributed by atoms with Gasteiger partial charge in [0.05, 0.1) is 36.5 Å². The highest BCUT2D eigenvalue weighted by Gasteiger charge is 2.25. The second kappa shape index (κ2) is 8.52. The molecule has 0 unspecified atom stereocenters.